The molecule has 29 heavy (non-hydrogen) atoms. The van der Waals surface area contributed by atoms with Crippen molar-refractivity contribution in [3.05, 3.63) is 41.1 Å². The molecule has 1 aliphatic heterocycles. The lowest BCUT2D eigenvalue weighted by Gasteiger charge is -2.26. The zero-order valence-electron chi connectivity index (χ0n) is 16.6. The van der Waals surface area contributed by atoms with Crippen LogP contribution in [0, 0.1) is 0 Å². The number of fused-ring (bicyclic) bond motifs is 5. The molecule has 1 aliphatic carbocycles. The lowest BCUT2D eigenvalue weighted by molar-refractivity contribution is 0.0374. The second-order valence-corrected chi connectivity index (χ2v) is 7.93. The second kappa shape index (κ2) is 8.00. The summed E-state index contributed by atoms with van der Waals surface area (Å²) in [5.74, 6) is -0.000297. The molecule has 0 bridgehead atoms. The van der Waals surface area contributed by atoms with Crippen LogP contribution in [0.25, 0.3) is 22.3 Å². The third-order valence-corrected chi connectivity index (χ3v) is 6.05. The summed E-state index contributed by atoms with van der Waals surface area (Å²) >= 11 is 0. The van der Waals surface area contributed by atoms with E-state index < -0.39 is 0 Å². The maximum atomic E-state index is 12.7. The number of aromatic amines is 2. The van der Waals surface area contributed by atoms with Gasteiger partial charge in [-0.1, -0.05) is 0 Å². The van der Waals surface area contributed by atoms with Crippen LogP contribution in [-0.4, -0.2) is 65.4 Å². The summed E-state index contributed by atoms with van der Waals surface area (Å²) in [4.78, 5) is 18.6. The lowest BCUT2D eigenvalue weighted by Crippen LogP contribution is -2.38. The average Bonchev–Trinajstić information content (AvgIpc) is 3.32. The molecule has 0 spiro atoms. The van der Waals surface area contributed by atoms with Crippen LogP contribution < -0.4 is 5.32 Å². The van der Waals surface area contributed by atoms with Gasteiger partial charge >= 0.3 is 0 Å². The first-order valence-corrected chi connectivity index (χ1v) is 10.5. The van der Waals surface area contributed by atoms with E-state index in [0.717, 1.165) is 86.4 Å². The Kier molecular flexibility index (Phi) is 5.08. The molecule has 2 aromatic heterocycles. The maximum absolute atomic E-state index is 12.7. The summed E-state index contributed by atoms with van der Waals surface area (Å²) in [7, 11) is 0. The number of nitrogens with one attached hydrogen (secondary N) is 3. The average molecular weight is 393 g/mol. The SMILES string of the molecule is O=C(NCCCN1CCOCC1)c1ccc2[nH]c3c(c2c1)CCCc1cn[nH]c1-3. The monoisotopic (exact) mass is 393 g/mol. The largest absolute Gasteiger partial charge is 0.379 e. The van der Waals surface area contributed by atoms with Crippen LogP contribution in [-0.2, 0) is 17.6 Å². The summed E-state index contributed by atoms with van der Waals surface area (Å²) in [5, 5.41) is 11.6. The normalized spacial score (nSPS) is 17.0. The van der Waals surface area contributed by atoms with Gasteiger partial charge in [-0.3, -0.25) is 14.8 Å². The van der Waals surface area contributed by atoms with Gasteiger partial charge in [0.15, 0.2) is 0 Å². The highest BCUT2D eigenvalue weighted by atomic mass is 16.5. The number of hydrogen-bond acceptors (Lipinski definition) is 4. The molecule has 5 rings (SSSR count). The predicted octanol–water partition coefficient (Wildman–Crippen LogP) is 2.50. The number of ether oxygens (including phenoxy) is 1. The van der Waals surface area contributed by atoms with Crippen LogP contribution >= 0.6 is 0 Å². The standard InChI is InChI=1S/C22H27N5O2/c28-22(23-7-2-8-27-9-11-29-12-10-27)15-5-6-19-18(13-15)17-4-1-3-16-14-24-26-20(16)21(17)25-19/h5-6,13-14,25H,1-4,7-12H2,(H,23,28)(H,24,26). The molecule has 1 aromatic carbocycles. The molecule has 1 fully saturated rings. The fourth-order valence-electron chi connectivity index (χ4n) is 4.47. The fraction of sp³-hybridized carbons (Fsp3) is 0.455. The van der Waals surface area contributed by atoms with Crippen LogP contribution in [0.3, 0.4) is 0 Å². The number of hydrogen-bond donors (Lipinski definition) is 3. The quantitative estimate of drug-likeness (QED) is 0.582. The number of aromatic nitrogens is 3. The Morgan fingerprint density at radius 3 is 3.00 bits per heavy atom. The van der Waals surface area contributed by atoms with Gasteiger partial charge in [0, 0.05) is 36.1 Å². The summed E-state index contributed by atoms with van der Waals surface area (Å²) in [6.45, 7) is 5.29. The van der Waals surface area contributed by atoms with Crippen molar-refractivity contribution in [2.45, 2.75) is 25.7 Å². The number of amides is 1. The van der Waals surface area contributed by atoms with E-state index in [1.807, 2.05) is 24.4 Å². The first kappa shape index (κ1) is 18.4. The van der Waals surface area contributed by atoms with E-state index in [1.165, 1.54) is 11.1 Å². The number of rotatable bonds is 5. The van der Waals surface area contributed by atoms with Crippen molar-refractivity contribution < 1.29 is 9.53 Å². The number of carbonyl (C=O) groups is 1. The first-order valence-electron chi connectivity index (χ1n) is 10.5. The van der Waals surface area contributed by atoms with Gasteiger partial charge in [0.25, 0.3) is 5.91 Å². The van der Waals surface area contributed by atoms with Crippen molar-refractivity contribution in [3.63, 3.8) is 0 Å². The minimum absolute atomic E-state index is 0.000297. The maximum Gasteiger partial charge on any atom is 0.251 e. The van der Waals surface area contributed by atoms with Crippen molar-refractivity contribution >= 4 is 16.8 Å². The minimum atomic E-state index is -0.000297. The number of morpholine rings is 1. The number of benzene rings is 1. The third kappa shape index (κ3) is 3.68. The number of H-pyrrole nitrogens is 2. The van der Waals surface area contributed by atoms with Crippen LogP contribution in [0.2, 0.25) is 0 Å². The Balaban J connectivity index is 1.29. The predicted molar refractivity (Wildman–Crippen MR) is 112 cm³/mol. The highest BCUT2D eigenvalue weighted by molar-refractivity contribution is 6.00. The Labute approximate surface area is 169 Å². The van der Waals surface area contributed by atoms with Gasteiger partial charge in [-0.25, -0.2) is 0 Å². The molecule has 0 saturated carbocycles. The molecule has 3 N–H and O–H groups in total. The molecule has 0 radical (unpaired) electrons. The zero-order valence-corrected chi connectivity index (χ0v) is 16.6. The summed E-state index contributed by atoms with van der Waals surface area (Å²) in [6, 6.07) is 5.95. The van der Waals surface area contributed by atoms with Gasteiger partial charge < -0.3 is 15.0 Å². The Hall–Kier alpha value is -2.64. The van der Waals surface area contributed by atoms with Gasteiger partial charge in [-0.15, -0.1) is 0 Å². The molecule has 1 saturated heterocycles. The minimum Gasteiger partial charge on any atom is -0.379 e. The number of carbonyl (C=O) groups excluding carboxylic acids is 1. The molecule has 7 heteroatoms. The van der Waals surface area contributed by atoms with Gasteiger partial charge in [-0.05, 0) is 61.6 Å². The lowest BCUT2D eigenvalue weighted by atomic mass is 10.0. The third-order valence-electron chi connectivity index (χ3n) is 6.05. The highest BCUT2D eigenvalue weighted by Gasteiger charge is 2.21. The van der Waals surface area contributed by atoms with Crippen LogP contribution in [0.5, 0.6) is 0 Å². The molecule has 0 atom stereocenters. The van der Waals surface area contributed by atoms with Gasteiger partial charge in [-0.2, -0.15) is 5.10 Å². The number of nitrogens with zero attached hydrogens (tertiary/aromatic N) is 2. The highest BCUT2D eigenvalue weighted by Crippen LogP contribution is 2.35. The van der Waals surface area contributed by atoms with E-state index in [-0.39, 0.29) is 5.91 Å². The van der Waals surface area contributed by atoms with E-state index in [2.05, 4.69) is 25.4 Å². The van der Waals surface area contributed by atoms with Crippen molar-refractivity contribution in [3.8, 4) is 11.4 Å². The summed E-state index contributed by atoms with van der Waals surface area (Å²) < 4.78 is 5.37. The van der Waals surface area contributed by atoms with E-state index >= 15 is 0 Å². The zero-order chi connectivity index (χ0) is 19.6. The van der Waals surface area contributed by atoms with Crippen molar-refractivity contribution in [1.82, 2.24) is 25.4 Å². The topological polar surface area (TPSA) is 86.0 Å². The molecular weight excluding hydrogens is 366 g/mol. The Bertz CT molecular complexity index is 1020. The first-order chi connectivity index (χ1) is 14.3. The molecule has 3 heterocycles. The van der Waals surface area contributed by atoms with E-state index in [0.29, 0.717) is 6.54 Å². The van der Waals surface area contributed by atoms with E-state index in [9.17, 15) is 4.79 Å². The smallest absolute Gasteiger partial charge is 0.251 e. The molecule has 3 aromatic rings. The molecule has 7 nitrogen and oxygen atoms in total. The molecule has 1 amide bonds. The van der Waals surface area contributed by atoms with Crippen molar-refractivity contribution in [2.75, 3.05) is 39.4 Å². The van der Waals surface area contributed by atoms with Crippen LogP contribution in [0.4, 0.5) is 0 Å². The van der Waals surface area contributed by atoms with E-state index in [1.54, 1.807) is 0 Å². The Morgan fingerprint density at radius 1 is 1.21 bits per heavy atom. The fourth-order valence-corrected chi connectivity index (χ4v) is 4.47. The van der Waals surface area contributed by atoms with Crippen molar-refractivity contribution in [1.29, 1.82) is 0 Å². The van der Waals surface area contributed by atoms with Gasteiger partial charge in [0.1, 0.15) is 0 Å². The van der Waals surface area contributed by atoms with Gasteiger partial charge in [0.05, 0.1) is 30.8 Å². The van der Waals surface area contributed by atoms with Crippen molar-refractivity contribution in [2.24, 2.45) is 0 Å². The second-order valence-electron chi connectivity index (χ2n) is 7.93. The molecule has 152 valence electrons. The number of aryl methyl sites for hydroxylation is 2. The van der Waals surface area contributed by atoms with Crippen LogP contribution in [0.15, 0.2) is 24.4 Å². The van der Waals surface area contributed by atoms with Crippen LogP contribution in [0.1, 0.15) is 34.3 Å². The summed E-state index contributed by atoms with van der Waals surface area (Å²) in [6.07, 6.45) is 5.99. The molecule has 2 aliphatic rings. The molecule has 0 unspecified atom stereocenters. The summed E-state index contributed by atoms with van der Waals surface area (Å²) in [5.41, 5.74) is 6.54. The van der Waals surface area contributed by atoms with Gasteiger partial charge in [0.2, 0.25) is 0 Å². The van der Waals surface area contributed by atoms with E-state index in [4.69, 9.17) is 4.74 Å². The molecular formula is C22H27N5O2. The Morgan fingerprint density at radius 2 is 2.10 bits per heavy atom.